The van der Waals surface area contributed by atoms with E-state index in [4.69, 9.17) is 43.2 Å². The topological polar surface area (TPSA) is 124 Å². The van der Waals surface area contributed by atoms with Gasteiger partial charge in [0.05, 0.1) is 66.2 Å². The SMILES string of the molecule is COc1nc2c(c(N3CCCn4nc(C(=O)N(C)OC)c(Cl)c4C3)n1)COC(c1c(F)c(N)cc(Cl)c1C(F)(F)F)C2.FC(F)=C1CC2CCCN2C1. The largest absolute Gasteiger partial charge is 0.467 e. The number of nitrogens with zero attached hydrogens (tertiary/aromatic N) is 7. The fourth-order valence-electron chi connectivity index (χ4n) is 7.12. The van der Waals surface area contributed by atoms with Crippen LogP contribution in [-0.4, -0.2) is 82.6 Å². The third-order valence-corrected chi connectivity index (χ3v) is 10.5. The van der Waals surface area contributed by atoms with E-state index in [1.54, 1.807) is 4.68 Å². The van der Waals surface area contributed by atoms with Crippen LogP contribution in [0.25, 0.3) is 0 Å². The first-order valence-corrected chi connectivity index (χ1v) is 17.4. The van der Waals surface area contributed by atoms with Crippen LogP contribution in [0.15, 0.2) is 17.7 Å². The lowest BCUT2D eigenvalue weighted by Gasteiger charge is -2.31. The summed E-state index contributed by atoms with van der Waals surface area (Å²) >= 11 is 12.5. The van der Waals surface area contributed by atoms with E-state index in [0.717, 1.165) is 24.1 Å². The molecular weight excluding hydrogens is 757 g/mol. The van der Waals surface area contributed by atoms with Gasteiger partial charge in [-0.25, -0.2) is 9.45 Å². The van der Waals surface area contributed by atoms with E-state index >= 15 is 4.39 Å². The lowest BCUT2D eigenvalue weighted by molar-refractivity contribution is -0.140. The van der Waals surface area contributed by atoms with Crippen LogP contribution in [0.5, 0.6) is 6.01 Å². The lowest BCUT2D eigenvalue weighted by atomic mass is 9.93. The van der Waals surface area contributed by atoms with E-state index in [2.05, 4.69) is 20.0 Å². The van der Waals surface area contributed by atoms with Crippen molar-refractivity contribution >= 4 is 40.6 Å². The van der Waals surface area contributed by atoms with Crippen molar-refractivity contribution in [2.75, 3.05) is 51.5 Å². The summed E-state index contributed by atoms with van der Waals surface area (Å²) in [5.41, 5.74) is 4.68. The summed E-state index contributed by atoms with van der Waals surface area (Å²) < 4.78 is 93.9. The van der Waals surface area contributed by atoms with Crippen LogP contribution in [0.3, 0.4) is 0 Å². The Balaban J connectivity index is 0.000000370. The number of carbonyl (C=O) groups excluding carboxylic acids is 1. The first-order valence-electron chi connectivity index (χ1n) is 16.6. The quantitative estimate of drug-likeness (QED) is 0.172. The van der Waals surface area contributed by atoms with Gasteiger partial charge in [0.15, 0.2) is 11.5 Å². The van der Waals surface area contributed by atoms with Crippen LogP contribution in [0.2, 0.25) is 10.0 Å². The first kappa shape index (κ1) is 38.9. The van der Waals surface area contributed by atoms with Gasteiger partial charge in [-0.3, -0.25) is 19.2 Å². The number of methoxy groups -OCH3 is 1. The number of rotatable bonds is 5. The Hall–Kier alpha value is -3.84. The number of hydrogen-bond acceptors (Lipinski definition) is 10. The zero-order chi connectivity index (χ0) is 38.4. The molecule has 0 aliphatic carbocycles. The predicted molar refractivity (Wildman–Crippen MR) is 181 cm³/mol. The Kier molecular flexibility index (Phi) is 11.4. The highest BCUT2D eigenvalue weighted by Crippen LogP contribution is 2.46. The fourth-order valence-corrected chi connectivity index (χ4v) is 7.72. The molecule has 2 fully saturated rings. The number of nitrogens with two attached hydrogens (primary N) is 1. The van der Waals surface area contributed by atoms with Crippen molar-refractivity contribution in [1.82, 2.24) is 29.7 Å². The fraction of sp³-hybridized carbons (Fsp3) is 0.515. The number of aromatic nitrogens is 4. The Labute approximate surface area is 310 Å². The second-order valence-electron chi connectivity index (χ2n) is 12.9. The second-order valence-corrected chi connectivity index (χ2v) is 13.7. The highest BCUT2D eigenvalue weighted by molar-refractivity contribution is 6.34. The molecule has 2 unspecified atom stereocenters. The van der Waals surface area contributed by atoms with E-state index in [-0.39, 0.29) is 36.3 Å². The molecule has 53 heavy (non-hydrogen) atoms. The molecule has 4 aliphatic heterocycles. The van der Waals surface area contributed by atoms with Crippen molar-refractivity contribution < 1.29 is 45.4 Å². The van der Waals surface area contributed by atoms with E-state index in [1.165, 1.54) is 27.7 Å². The van der Waals surface area contributed by atoms with Crippen molar-refractivity contribution in [2.24, 2.45) is 0 Å². The molecule has 0 spiro atoms. The molecule has 6 heterocycles. The van der Waals surface area contributed by atoms with Gasteiger partial charge in [0.1, 0.15) is 5.82 Å². The zero-order valence-electron chi connectivity index (χ0n) is 28.9. The number of fused-ring (bicyclic) bond motifs is 3. The van der Waals surface area contributed by atoms with Gasteiger partial charge in [-0.1, -0.05) is 23.2 Å². The van der Waals surface area contributed by atoms with Gasteiger partial charge < -0.3 is 20.1 Å². The Bertz CT molecular complexity index is 1910. The normalized spacial score (nSPS) is 19.9. The molecule has 4 aliphatic rings. The van der Waals surface area contributed by atoms with Crippen LogP contribution < -0.4 is 15.4 Å². The minimum Gasteiger partial charge on any atom is -0.467 e. The molecule has 288 valence electrons. The number of ether oxygens (including phenoxy) is 2. The minimum atomic E-state index is -4.97. The lowest BCUT2D eigenvalue weighted by Crippen LogP contribution is -2.29. The molecule has 20 heteroatoms. The van der Waals surface area contributed by atoms with Crippen molar-refractivity contribution in [3.63, 3.8) is 0 Å². The van der Waals surface area contributed by atoms with Crippen LogP contribution in [0.4, 0.5) is 37.8 Å². The molecule has 0 bridgehead atoms. The Morgan fingerprint density at radius 3 is 2.51 bits per heavy atom. The van der Waals surface area contributed by atoms with Gasteiger partial charge in [0.25, 0.3) is 12.0 Å². The van der Waals surface area contributed by atoms with E-state index in [1.807, 2.05) is 4.90 Å². The van der Waals surface area contributed by atoms with Crippen molar-refractivity contribution in [2.45, 2.75) is 70.1 Å². The van der Waals surface area contributed by atoms with Gasteiger partial charge in [-0.05, 0) is 38.3 Å². The molecule has 2 aromatic heterocycles. The number of nitrogen functional groups attached to an aromatic ring is 1. The van der Waals surface area contributed by atoms with E-state index in [0.29, 0.717) is 66.9 Å². The smallest absolute Gasteiger partial charge is 0.418 e. The number of hydroxylamine groups is 2. The van der Waals surface area contributed by atoms with Crippen molar-refractivity contribution in [3.05, 3.63) is 67.4 Å². The second kappa shape index (κ2) is 15.5. The zero-order valence-corrected chi connectivity index (χ0v) is 30.4. The minimum absolute atomic E-state index is 0.0228. The number of aryl methyl sites for hydroxylation is 1. The highest BCUT2D eigenvalue weighted by Gasteiger charge is 2.42. The van der Waals surface area contributed by atoms with Crippen LogP contribution in [0, 0.1) is 5.82 Å². The number of hydrogen-bond donors (Lipinski definition) is 1. The van der Waals surface area contributed by atoms with Gasteiger partial charge in [0.2, 0.25) is 0 Å². The maximum Gasteiger partial charge on any atom is 0.418 e. The van der Waals surface area contributed by atoms with Gasteiger partial charge in [-0.15, -0.1) is 0 Å². The number of benzene rings is 1. The summed E-state index contributed by atoms with van der Waals surface area (Å²) in [4.78, 5) is 30.5. The molecule has 1 amide bonds. The summed E-state index contributed by atoms with van der Waals surface area (Å²) in [6.45, 7) is 2.41. The number of carbonyl (C=O) groups is 1. The molecule has 0 saturated carbocycles. The van der Waals surface area contributed by atoms with Gasteiger partial charge in [0, 0.05) is 55.8 Å². The molecule has 7 rings (SSSR count). The van der Waals surface area contributed by atoms with Gasteiger partial charge >= 0.3 is 12.2 Å². The standard InChI is InChI=1S/C25H25Cl2F4N7O4.C8H11F2N/c1-36(41-3)23(39)21-19(27)15-9-37(5-4-6-38(15)35-21)22-11-10-42-16(8-14(11)33-24(34-22)40-2)17-18(25(29,30)31)12(26)7-13(32)20(17)28;9-8(10)6-4-7-2-1-3-11(7)5-6/h7,16H,4-6,8-10,32H2,1-3H3;7H,1-5H2. The molecule has 12 nitrogen and oxygen atoms in total. The Morgan fingerprint density at radius 1 is 1.09 bits per heavy atom. The third-order valence-electron chi connectivity index (χ3n) is 9.76. The molecular formula is C33H36Cl2F6N8O4. The average Bonchev–Trinajstić information content (AvgIpc) is 3.77. The van der Waals surface area contributed by atoms with E-state index < -0.39 is 51.9 Å². The number of alkyl halides is 3. The van der Waals surface area contributed by atoms with Crippen LogP contribution >= 0.6 is 23.2 Å². The van der Waals surface area contributed by atoms with Crippen molar-refractivity contribution in [3.8, 4) is 6.01 Å². The molecule has 2 saturated heterocycles. The van der Waals surface area contributed by atoms with Crippen molar-refractivity contribution in [1.29, 1.82) is 0 Å². The molecule has 0 radical (unpaired) electrons. The monoisotopic (exact) mass is 792 g/mol. The molecule has 1 aromatic carbocycles. The molecule has 2 atom stereocenters. The summed E-state index contributed by atoms with van der Waals surface area (Å²) in [5.74, 6) is -1.39. The highest BCUT2D eigenvalue weighted by atomic mass is 35.5. The van der Waals surface area contributed by atoms with E-state index in [9.17, 15) is 26.7 Å². The maximum atomic E-state index is 15.1. The molecule has 2 N–H and O–H groups in total. The van der Waals surface area contributed by atoms with Crippen LogP contribution in [-0.2, 0) is 41.9 Å². The third kappa shape index (κ3) is 7.74. The van der Waals surface area contributed by atoms with Gasteiger partial charge in [-0.2, -0.15) is 37.0 Å². The predicted octanol–water partition coefficient (Wildman–Crippen LogP) is 6.59. The number of halogens is 8. The first-order chi connectivity index (χ1) is 25.1. The van der Waals surface area contributed by atoms with Crippen LogP contribution in [0.1, 0.15) is 70.4 Å². The maximum absolute atomic E-state index is 15.1. The number of anilines is 2. The average molecular weight is 794 g/mol. The summed E-state index contributed by atoms with van der Waals surface area (Å²) in [7, 11) is 4.12. The summed E-state index contributed by atoms with van der Waals surface area (Å²) in [6.07, 6.45) is -4.55. The summed E-state index contributed by atoms with van der Waals surface area (Å²) in [5, 5.41) is 4.80. The number of amides is 1. The molecule has 3 aromatic rings. The Morgan fingerprint density at radius 2 is 1.85 bits per heavy atom. The summed E-state index contributed by atoms with van der Waals surface area (Å²) in [6, 6.07) is 1.12.